The molecule has 2 aromatic carbocycles. The van der Waals surface area contributed by atoms with E-state index < -0.39 is 0 Å². The lowest BCUT2D eigenvalue weighted by Gasteiger charge is -2.35. The summed E-state index contributed by atoms with van der Waals surface area (Å²) in [5, 5.41) is 3.26. The zero-order chi connectivity index (χ0) is 14.8. The van der Waals surface area contributed by atoms with Crippen LogP contribution in [0.1, 0.15) is 31.0 Å². The molecule has 0 amide bonds. The summed E-state index contributed by atoms with van der Waals surface area (Å²) >= 11 is 3.26. The van der Waals surface area contributed by atoms with Gasteiger partial charge in [-0.2, -0.15) is 0 Å². The van der Waals surface area contributed by atoms with E-state index in [0.717, 1.165) is 0 Å². The Bertz CT molecular complexity index is 581. The van der Waals surface area contributed by atoms with Gasteiger partial charge in [0.2, 0.25) is 0 Å². The first kappa shape index (κ1) is 15.2. The molecule has 1 atom stereocenters. The molecular formula is C17H19BrFN. The monoisotopic (exact) mass is 335 g/mol. The highest BCUT2D eigenvalue weighted by molar-refractivity contribution is 9.10. The van der Waals surface area contributed by atoms with E-state index in [9.17, 15) is 4.39 Å². The largest absolute Gasteiger partial charge is 0.312 e. The second-order valence-corrected chi connectivity index (χ2v) is 6.31. The Kier molecular flexibility index (Phi) is 4.61. The number of hydrogen-bond donors (Lipinski definition) is 1. The van der Waals surface area contributed by atoms with Crippen LogP contribution in [-0.4, -0.2) is 7.05 Å². The Morgan fingerprint density at radius 3 is 2.30 bits per heavy atom. The number of hydrogen-bond acceptors (Lipinski definition) is 1. The minimum atomic E-state index is -0.225. The van der Waals surface area contributed by atoms with E-state index in [0.29, 0.717) is 10.0 Å². The SMILES string of the molecule is CNC(c1cccc(Br)c1F)C(C)(C)c1ccccc1. The average Bonchev–Trinajstić information content (AvgIpc) is 2.45. The highest BCUT2D eigenvalue weighted by Crippen LogP contribution is 2.38. The van der Waals surface area contributed by atoms with E-state index in [2.05, 4.69) is 47.2 Å². The second kappa shape index (κ2) is 6.06. The molecule has 0 aliphatic heterocycles. The van der Waals surface area contributed by atoms with E-state index >= 15 is 0 Å². The van der Waals surface area contributed by atoms with Gasteiger partial charge in [-0.1, -0.05) is 56.3 Å². The number of nitrogens with one attached hydrogen (secondary N) is 1. The number of benzene rings is 2. The standard InChI is InChI=1S/C17H19BrFN/c1-17(2,12-8-5-4-6-9-12)16(20-3)13-10-7-11-14(18)15(13)19/h4-11,16,20H,1-3H3. The zero-order valence-electron chi connectivity index (χ0n) is 12.0. The molecule has 0 aliphatic carbocycles. The lowest BCUT2D eigenvalue weighted by Crippen LogP contribution is -2.36. The van der Waals surface area contributed by atoms with Crippen molar-refractivity contribution in [2.45, 2.75) is 25.3 Å². The van der Waals surface area contributed by atoms with Gasteiger partial charge in [-0.3, -0.25) is 0 Å². The summed E-state index contributed by atoms with van der Waals surface area (Å²) < 4.78 is 14.9. The molecule has 0 bridgehead atoms. The third-order valence-electron chi connectivity index (χ3n) is 3.82. The molecule has 0 spiro atoms. The Morgan fingerprint density at radius 2 is 1.70 bits per heavy atom. The highest BCUT2D eigenvalue weighted by Gasteiger charge is 2.33. The lowest BCUT2D eigenvalue weighted by atomic mass is 9.75. The summed E-state index contributed by atoms with van der Waals surface area (Å²) in [5.74, 6) is -0.198. The maximum Gasteiger partial charge on any atom is 0.142 e. The van der Waals surface area contributed by atoms with Crippen molar-refractivity contribution < 1.29 is 4.39 Å². The number of rotatable bonds is 4. The van der Waals surface area contributed by atoms with Gasteiger partial charge in [0, 0.05) is 17.0 Å². The Morgan fingerprint density at radius 1 is 1.05 bits per heavy atom. The average molecular weight is 336 g/mol. The molecule has 0 saturated carbocycles. The fourth-order valence-corrected chi connectivity index (χ4v) is 3.06. The van der Waals surface area contributed by atoms with Crippen molar-refractivity contribution in [3.63, 3.8) is 0 Å². The molecule has 0 heterocycles. The Hall–Kier alpha value is -1.19. The quantitative estimate of drug-likeness (QED) is 0.843. The van der Waals surface area contributed by atoms with Crippen molar-refractivity contribution in [1.82, 2.24) is 5.32 Å². The first-order valence-corrected chi connectivity index (χ1v) is 7.44. The fourth-order valence-electron chi connectivity index (χ4n) is 2.68. The highest BCUT2D eigenvalue weighted by atomic mass is 79.9. The summed E-state index contributed by atoms with van der Waals surface area (Å²) in [6.07, 6.45) is 0. The molecule has 2 rings (SSSR count). The van der Waals surface area contributed by atoms with Crippen molar-refractivity contribution in [2.75, 3.05) is 7.05 Å². The van der Waals surface area contributed by atoms with Crippen LogP contribution in [0, 0.1) is 5.82 Å². The van der Waals surface area contributed by atoms with Gasteiger partial charge in [0.15, 0.2) is 0 Å². The van der Waals surface area contributed by atoms with Crippen LogP contribution in [0.4, 0.5) is 4.39 Å². The lowest BCUT2D eigenvalue weighted by molar-refractivity contribution is 0.357. The van der Waals surface area contributed by atoms with Crippen LogP contribution in [0.5, 0.6) is 0 Å². The van der Waals surface area contributed by atoms with E-state index in [-0.39, 0.29) is 17.3 Å². The molecule has 1 nitrogen and oxygen atoms in total. The molecule has 106 valence electrons. The van der Waals surface area contributed by atoms with Crippen LogP contribution >= 0.6 is 15.9 Å². The van der Waals surface area contributed by atoms with Gasteiger partial charge in [-0.15, -0.1) is 0 Å². The minimum Gasteiger partial charge on any atom is -0.312 e. The van der Waals surface area contributed by atoms with Crippen LogP contribution in [0.15, 0.2) is 53.0 Å². The number of halogens is 2. The van der Waals surface area contributed by atoms with Gasteiger partial charge in [-0.25, -0.2) is 4.39 Å². The first-order chi connectivity index (χ1) is 9.48. The van der Waals surface area contributed by atoms with Gasteiger partial charge in [0.05, 0.1) is 4.47 Å². The molecular weight excluding hydrogens is 317 g/mol. The summed E-state index contributed by atoms with van der Waals surface area (Å²) in [7, 11) is 1.87. The van der Waals surface area contributed by atoms with Crippen LogP contribution in [0.25, 0.3) is 0 Å². The second-order valence-electron chi connectivity index (χ2n) is 5.45. The molecule has 0 saturated heterocycles. The topological polar surface area (TPSA) is 12.0 Å². The van der Waals surface area contributed by atoms with Crippen LogP contribution in [0.3, 0.4) is 0 Å². The summed E-state index contributed by atoms with van der Waals surface area (Å²) in [6.45, 7) is 4.26. The summed E-state index contributed by atoms with van der Waals surface area (Å²) in [6, 6.07) is 15.5. The van der Waals surface area contributed by atoms with Crippen molar-refractivity contribution in [1.29, 1.82) is 0 Å². The molecule has 1 unspecified atom stereocenters. The molecule has 0 radical (unpaired) electrons. The van der Waals surface area contributed by atoms with Gasteiger partial charge in [0.1, 0.15) is 5.82 Å². The van der Waals surface area contributed by atoms with E-state index in [1.807, 2.05) is 37.4 Å². The Labute approximate surface area is 128 Å². The van der Waals surface area contributed by atoms with E-state index in [1.165, 1.54) is 5.56 Å². The maximum atomic E-state index is 14.4. The molecule has 3 heteroatoms. The third kappa shape index (κ3) is 2.79. The van der Waals surface area contributed by atoms with Gasteiger partial charge in [0.25, 0.3) is 0 Å². The maximum absolute atomic E-state index is 14.4. The molecule has 20 heavy (non-hydrogen) atoms. The summed E-state index contributed by atoms with van der Waals surface area (Å²) in [5.41, 5.74) is 1.63. The van der Waals surface area contributed by atoms with Crippen molar-refractivity contribution in [3.05, 3.63) is 69.9 Å². The molecule has 0 aliphatic rings. The minimum absolute atomic E-state index is 0.109. The normalized spacial score (nSPS) is 13.2. The van der Waals surface area contributed by atoms with Gasteiger partial charge >= 0.3 is 0 Å². The predicted octanol–water partition coefficient (Wildman–Crippen LogP) is 4.83. The summed E-state index contributed by atoms with van der Waals surface area (Å²) in [4.78, 5) is 0. The van der Waals surface area contributed by atoms with E-state index in [1.54, 1.807) is 6.07 Å². The molecule has 0 aromatic heterocycles. The van der Waals surface area contributed by atoms with Crippen molar-refractivity contribution in [3.8, 4) is 0 Å². The number of likely N-dealkylation sites (N-methyl/N-ethyl adjacent to an activating group) is 1. The van der Waals surface area contributed by atoms with Crippen molar-refractivity contribution >= 4 is 15.9 Å². The molecule has 1 N–H and O–H groups in total. The fraction of sp³-hybridized carbons (Fsp3) is 0.294. The third-order valence-corrected chi connectivity index (χ3v) is 4.43. The van der Waals surface area contributed by atoms with Gasteiger partial charge < -0.3 is 5.32 Å². The smallest absolute Gasteiger partial charge is 0.142 e. The first-order valence-electron chi connectivity index (χ1n) is 6.65. The molecule has 2 aromatic rings. The van der Waals surface area contributed by atoms with Gasteiger partial charge in [-0.05, 0) is 34.6 Å². The van der Waals surface area contributed by atoms with E-state index in [4.69, 9.17) is 0 Å². The van der Waals surface area contributed by atoms with Crippen LogP contribution in [0.2, 0.25) is 0 Å². The predicted molar refractivity (Wildman–Crippen MR) is 85.4 cm³/mol. The molecule has 0 fully saturated rings. The zero-order valence-corrected chi connectivity index (χ0v) is 13.5. The van der Waals surface area contributed by atoms with Crippen LogP contribution < -0.4 is 5.32 Å². The Balaban J connectivity index is 2.49. The van der Waals surface area contributed by atoms with Crippen molar-refractivity contribution in [2.24, 2.45) is 0 Å². The van der Waals surface area contributed by atoms with Crippen LogP contribution in [-0.2, 0) is 5.41 Å².